The summed E-state index contributed by atoms with van der Waals surface area (Å²) in [6, 6.07) is 8.24. The molecule has 1 amide bonds. The minimum Gasteiger partial charge on any atom is -0.339 e. The van der Waals surface area contributed by atoms with Crippen LogP contribution in [0.3, 0.4) is 0 Å². The van der Waals surface area contributed by atoms with E-state index in [1.54, 1.807) is 6.08 Å². The highest BCUT2D eigenvalue weighted by molar-refractivity contribution is 6.21. The van der Waals surface area contributed by atoms with Crippen LogP contribution in [0.25, 0.3) is 6.08 Å². The topological polar surface area (TPSA) is 32.3 Å². The Morgan fingerprint density at radius 1 is 1.10 bits per heavy atom. The van der Waals surface area contributed by atoms with Gasteiger partial charge in [-0.05, 0) is 57.9 Å². The van der Waals surface area contributed by atoms with Gasteiger partial charge in [-0.15, -0.1) is 11.6 Å². The van der Waals surface area contributed by atoms with Crippen molar-refractivity contribution >= 4 is 23.6 Å². The van der Waals surface area contributed by atoms with Crippen LogP contribution in [0.4, 0.5) is 0 Å². The lowest BCUT2D eigenvalue weighted by Gasteiger charge is -2.19. The molecule has 176 valence electrons. The number of amides is 1. The molecule has 1 aromatic carbocycles. The van der Waals surface area contributed by atoms with Crippen LogP contribution in [0, 0.1) is 0 Å². The van der Waals surface area contributed by atoms with E-state index < -0.39 is 0 Å². The van der Waals surface area contributed by atoms with Gasteiger partial charge < -0.3 is 10.2 Å². The fourth-order valence-corrected chi connectivity index (χ4v) is 2.55. The van der Waals surface area contributed by atoms with Gasteiger partial charge in [0.05, 0.1) is 0 Å². The molecule has 1 aromatic rings. The second kappa shape index (κ2) is 21.4. The Labute approximate surface area is 197 Å². The van der Waals surface area contributed by atoms with E-state index in [0.717, 1.165) is 38.0 Å². The highest BCUT2D eigenvalue weighted by atomic mass is 35.5. The molecule has 0 aromatic heterocycles. The minimum atomic E-state index is 0.105. The van der Waals surface area contributed by atoms with E-state index in [9.17, 15) is 4.79 Å². The highest BCUT2D eigenvalue weighted by Crippen LogP contribution is 2.07. The first-order valence-corrected chi connectivity index (χ1v) is 12.0. The second-order valence-electron chi connectivity index (χ2n) is 7.00. The number of benzene rings is 1. The Balaban J connectivity index is 0. The number of nitrogens with one attached hydrogen (secondary N) is 1. The molecule has 0 saturated carbocycles. The summed E-state index contributed by atoms with van der Waals surface area (Å²) >= 11 is 5.66. The van der Waals surface area contributed by atoms with Crippen molar-refractivity contribution in [1.29, 1.82) is 0 Å². The third-order valence-electron chi connectivity index (χ3n) is 4.16. The molecule has 0 heterocycles. The van der Waals surface area contributed by atoms with E-state index in [4.69, 9.17) is 11.6 Å². The van der Waals surface area contributed by atoms with Crippen molar-refractivity contribution in [3.8, 4) is 0 Å². The van der Waals surface area contributed by atoms with E-state index in [1.165, 1.54) is 11.1 Å². The molecule has 0 fully saturated rings. The normalized spacial score (nSPS) is 12.1. The molecule has 0 aliphatic heterocycles. The summed E-state index contributed by atoms with van der Waals surface area (Å²) < 4.78 is 0. The molecule has 1 unspecified atom stereocenters. The molecule has 0 spiro atoms. The minimum absolute atomic E-state index is 0.105. The Morgan fingerprint density at radius 3 is 2.06 bits per heavy atom. The Morgan fingerprint density at radius 2 is 1.65 bits per heavy atom. The van der Waals surface area contributed by atoms with Gasteiger partial charge in [-0.25, -0.2) is 0 Å². The molecule has 0 bridgehead atoms. The molecule has 0 aliphatic rings. The zero-order valence-corrected chi connectivity index (χ0v) is 21.8. The molecule has 1 rings (SSSR count). The van der Waals surface area contributed by atoms with Gasteiger partial charge >= 0.3 is 0 Å². The van der Waals surface area contributed by atoms with Crippen LogP contribution < -0.4 is 5.32 Å². The zero-order valence-electron chi connectivity index (χ0n) is 21.0. The lowest BCUT2D eigenvalue weighted by molar-refractivity contribution is -0.126. The predicted octanol–water partition coefficient (Wildman–Crippen LogP) is 7.23. The second-order valence-corrected chi connectivity index (χ2v) is 7.69. The zero-order chi connectivity index (χ0) is 24.1. The maximum atomic E-state index is 12.1. The fraction of sp³-hybridized carbons (Fsp3) is 0.519. The van der Waals surface area contributed by atoms with Crippen molar-refractivity contribution in [2.45, 2.75) is 73.2 Å². The largest absolute Gasteiger partial charge is 0.339 e. The summed E-state index contributed by atoms with van der Waals surface area (Å²) in [4.78, 5) is 14.0. The van der Waals surface area contributed by atoms with Gasteiger partial charge in [0.15, 0.2) is 0 Å². The van der Waals surface area contributed by atoms with Gasteiger partial charge in [0.25, 0.3) is 0 Å². The average molecular weight is 449 g/mol. The van der Waals surface area contributed by atoms with Crippen molar-refractivity contribution < 1.29 is 4.79 Å². The van der Waals surface area contributed by atoms with E-state index in [1.807, 2.05) is 70.0 Å². The molecule has 3 nitrogen and oxygen atoms in total. The summed E-state index contributed by atoms with van der Waals surface area (Å²) in [6.07, 6.45) is 11.6. The molecule has 0 aliphatic carbocycles. The third-order valence-corrected chi connectivity index (χ3v) is 4.30. The van der Waals surface area contributed by atoms with E-state index in [0.29, 0.717) is 0 Å². The predicted molar refractivity (Wildman–Crippen MR) is 141 cm³/mol. The maximum absolute atomic E-state index is 12.1. The number of halogens is 1. The van der Waals surface area contributed by atoms with Crippen LogP contribution in [-0.4, -0.2) is 36.3 Å². The number of allylic oxidation sites excluding steroid dienone is 4. The number of nitrogens with zero attached hydrogens (tertiary/aromatic N) is 1. The lowest BCUT2D eigenvalue weighted by Crippen LogP contribution is -2.30. The summed E-state index contributed by atoms with van der Waals surface area (Å²) in [5.41, 5.74) is 3.56. The first-order valence-electron chi connectivity index (χ1n) is 11.5. The van der Waals surface area contributed by atoms with Gasteiger partial charge in [-0.3, -0.25) is 4.79 Å². The lowest BCUT2D eigenvalue weighted by atomic mass is 10.1. The van der Waals surface area contributed by atoms with Crippen LogP contribution in [-0.2, 0) is 11.3 Å². The number of alkyl halides is 1. The number of carbonyl (C=O) groups excluding carboxylic acids is 1. The van der Waals surface area contributed by atoms with Crippen molar-refractivity contribution in [1.82, 2.24) is 10.2 Å². The van der Waals surface area contributed by atoms with Crippen LogP contribution in [0.1, 0.15) is 72.4 Å². The monoisotopic (exact) mass is 448 g/mol. The molecule has 31 heavy (non-hydrogen) atoms. The van der Waals surface area contributed by atoms with Crippen LogP contribution in [0.15, 0.2) is 54.1 Å². The third kappa shape index (κ3) is 17.5. The average Bonchev–Trinajstić information content (AvgIpc) is 2.78. The molecule has 1 atom stereocenters. The van der Waals surface area contributed by atoms with Crippen molar-refractivity contribution in [2.24, 2.45) is 0 Å². The van der Waals surface area contributed by atoms with E-state index >= 15 is 0 Å². The van der Waals surface area contributed by atoms with Gasteiger partial charge in [0, 0.05) is 31.1 Å². The van der Waals surface area contributed by atoms with Crippen LogP contribution >= 0.6 is 11.6 Å². The molecule has 4 heteroatoms. The summed E-state index contributed by atoms with van der Waals surface area (Å²) in [5.74, 6) is 0.105. The SMILES string of the molecule is C/C=C(C)\C=C/C(C)Cl.CC.CCCN(CCC)C(=O)/C=C/c1ccc(CNC)cc1. The number of carbonyl (C=O) groups is 1. The molecule has 0 radical (unpaired) electrons. The smallest absolute Gasteiger partial charge is 0.246 e. The molecular formula is C27H45ClN2O. The van der Waals surface area contributed by atoms with Crippen molar-refractivity contribution in [3.05, 3.63) is 65.3 Å². The highest BCUT2D eigenvalue weighted by Gasteiger charge is 2.07. The van der Waals surface area contributed by atoms with Gasteiger partial charge in [0.2, 0.25) is 5.91 Å². The fourth-order valence-electron chi connectivity index (χ4n) is 2.48. The van der Waals surface area contributed by atoms with Crippen molar-refractivity contribution in [2.75, 3.05) is 20.1 Å². The van der Waals surface area contributed by atoms with E-state index in [2.05, 4.69) is 44.3 Å². The van der Waals surface area contributed by atoms with Gasteiger partial charge in [-0.2, -0.15) is 0 Å². The Bertz CT molecular complexity index is 640. The summed E-state index contributed by atoms with van der Waals surface area (Å²) in [5, 5.41) is 3.26. The van der Waals surface area contributed by atoms with Gasteiger partial charge in [-0.1, -0.05) is 75.8 Å². The van der Waals surface area contributed by atoms with Crippen LogP contribution in [0.2, 0.25) is 0 Å². The standard InChI is InChI=1S/C17H26N2O.C8H13Cl.C2H6/c1-4-12-19(13-5-2)17(20)11-10-15-6-8-16(9-7-15)14-18-3;1-4-7(2)5-6-8(3)9;1-2/h6-11,18H,4-5,12-14H2,1-3H3;4-6,8H,1-3H3;1-2H3/b11-10+;6-5-,7-4-;. The first-order chi connectivity index (χ1) is 14.9. The molecule has 1 N–H and O–H groups in total. The Hall–Kier alpha value is -1.84. The van der Waals surface area contributed by atoms with Crippen LogP contribution in [0.5, 0.6) is 0 Å². The van der Waals surface area contributed by atoms with Gasteiger partial charge in [0.1, 0.15) is 0 Å². The first kappa shape index (κ1) is 31.3. The number of hydrogen-bond acceptors (Lipinski definition) is 2. The Kier molecular flexibility index (Phi) is 21.6. The quantitative estimate of drug-likeness (QED) is 0.232. The molecule has 0 saturated heterocycles. The molecular weight excluding hydrogens is 404 g/mol. The maximum Gasteiger partial charge on any atom is 0.246 e. The number of rotatable bonds is 10. The van der Waals surface area contributed by atoms with E-state index in [-0.39, 0.29) is 11.3 Å². The van der Waals surface area contributed by atoms with Crippen molar-refractivity contribution in [3.63, 3.8) is 0 Å². The summed E-state index contributed by atoms with van der Waals surface area (Å²) in [7, 11) is 1.93. The summed E-state index contributed by atoms with van der Waals surface area (Å²) in [6.45, 7) is 16.7. The number of hydrogen-bond donors (Lipinski definition) is 1.